The lowest BCUT2D eigenvalue weighted by Gasteiger charge is -2.40. The standard InChI is InChI=1S/C25H34N4O4/c1-25(2,3)33-24(32)29-13-9-16-15-27(12-11-18(16)29)19-5-4-6-20-17(19)10-14-28(20)21-7-8-22(30)26-23(21)31/h4-6,16,18,21H,7-15H2,1-3H3,(H,26,30,31)/t16-,18+,21+/m0/s1. The summed E-state index contributed by atoms with van der Waals surface area (Å²) in [5, 5.41) is 2.50. The van der Waals surface area contributed by atoms with E-state index < -0.39 is 5.60 Å². The second kappa shape index (κ2) is 8.22. The fraction of sp³-hybridized carbons (Fsp3) is 0.640. The maximum Gasteiger partial charge on any atom is 0.410 e. The Balaban J connectivity index is 1.30. The maximum atomic E-state index is 12.7. The molecule has 0 radical (unpaired) electrons. The molecule has 0 spiro atoms. The Kier molecular flexibility index (Phi) is 5.49. The SMILES string of the molecule is CC(C)(C)OC(=O)N1CC[C@H]2CN(c3cccc4c3CCN4[C@@H]3CCC(=O)NC3=O)CC[C@H]21. The molecule has 5 rings (SSSR count). The first-order chi connectivity index (χ1) is 15.7. The summed E-state index contributed by atoms with van der Waals surface area (Å²) in [4.78, 5) is 43.3. The summed E-state index contributed by atoms with van der Waals surface area (Å²) in [5.74, 6) is 0.0811. The first-order valence-corrected chi connectivity index (χ1v) is 12.2. The highest BCUT2D eigenvalue weighted by Crippen LogP contribution is 2.41. The lowest BCUT2D eigenvalue weighted by molar-refractivity contribution is -0.134. The van der Waals surface area contributed by atoms with Crippen LogP contribution in [0.15, 0.2) is 18.2 Å². The van der Waals surface area contributed by atoms with Crippen molar-refractivity contribution in [2.24, 2.45) is 5.92 Å². The third kappa shape index (κ3) is 4.15. The number of fused-ring (bicyclic) bond motifs is 2. The van der Waals surface area contributed by atoms with Gasteiger partial charge in [-0.25, -0.2) is 4.79 Å². The first-order valence-electron chi connectivity index (χ1n) is 12.2. The van der Waals surface area contributed by atoms with Crippen molar-refractivity contribution in [3.8, 4) is 0 Å². The van der Waals surface area contributed by atoms with Gasteiger partial charge in [-0.1, -0.05) is 6.07 Å². The van der Waals surface area contributed by atoms with Gasteiger partial charge in [-0.3, -0.25) is 14.9 Å². The zero-order valence-electron chi connectivity index (χ0n) is 19.8. The molecule has 0 bridgehead atoms. The van der Waals surface area contributed by atoms with Crippen LogP contribution in [0.3, 0.4) is 0 Å². The van der Waals surface area contributed by atoms with Crippen molar-refractivity contribution >= 4 is 29.3 Å². The molecule has 3 atom stereocenters. The van der Waals surface area contributed by atoms with Crippen molar-refractivity contribution in [1.29, 1.82) is 0 Å². The van der Waals surface area contributed by atoms with Gasteiger partial charge in [0.25, 0.3) is 0 Å². The summed E-state index contributed by atoms with van der Waals surface area (Å²) in [7, 11) is 0. The smallest absolute Gasteiger partial charge is 0.410 e. The lowest BCUT2D eigenvalue weighted by Crippen LogP contribution is -2.52. The Morgan fingerprint density at radius 1 is 1.03 bits per heavy atom. The molecule has 0 unspecified atom stereocenters. The Morgan fingerprint density at radius 3 is 2.58 bits per heavy atom. The average molecular weight is 455 g/mol. The number of benzene rings is 1. The van der Waals surface area contributed by atoms with Gasteiger partial charge in [0.1, 0.15) is 11.6 Å². The summed E-state index contributed by atoms with van der Waals surface area (Å²) in [5.41, 5.74) is 3.18. The predicted octanol–water partition coefficient (Wildman–Crippen LogP) is 2.69. The van der Waals surface area contributed by atoms with Gasteiger partial charge in [0.15, 0.2) is 0 Å². The normalized spacial score (nSPS) is 27.4. The van der Waals surface area contributed by atoms with E-state index >= 15 is 0 Å². The second-order valence-corrected chi connectivity index (χ2v) is 10.7. The zero-order chi connectivity index (χ0) is 23.3. The van der Waals surface area contributed by atoms with E-state index in [9.17, 15) is 14.4 Å². The van der Waals surface area contributed by atoms with Crippen LogP contribution in [0.5, 0.6) is 0 Å². The van der Waals surface area contributed by atoms with Crippen molar-refractivity contribution in [1.82, 2.24) is 10.2 Å². The van der Waals surface area contributed by atoms with Crippen LogP contribution in [0.2, 0.25) is 0 Å². The highest BCUT2D eigenvalue weighted by atomic mass is 16.6. The number of anilines is 2. The van der Waals surface area contributed by atoms with E-state index in [0.29, 0.717) is 18.8 Å². The molecule has 0 aromatic heterocycles. The van der Waals surface area contributed by atoms with Crippen molar-refractivity contribution in [3.05, 3.63) is 23.8 Å². The Labute approximate surface area is 195 Å². The van der Waals surface area contributed by atoms with Crippen LogP contribution in [0.25, 0.3) is 0 Å². The number of nitrogens with one attached hydrogen (secondary N) is 1. The van der Waals surface area contributed by atoms with E-state index in [2.05, 4.69) is 33.3 Å². The Bertz CT molecular complexity index is 972. The second-order valence-electron chi connectivity index (χ2n) is 10.7. The van der Waals surface area contributed by atoms with Gasteiger partial charge in [-0.2, -0.15) is 0 Å². The minimum absolute atomic E-state index is 0.177. The summed E-state index contributed by atoms with van der Waals surface area (Å²) in [6, 6.07) is 6.33. The highest BCUT2D eigenvalue weighted by molar-refractivity contribution is 6.02. The molecule has 0 aliphatic carbocycles. The molecule has 178 valence electrons. The molecule has 1 aromatic carbocycles. The monoisotopic (exact) mass is 454 g/mol. The number of amides is 3. The summed E-state index contributed by atoms with van der Waals surface area (Å²) >= 11 is 0. The van der Waals surface area contributed by atoms with Gasteiger partial charge in [0.05, 0.1) is 0 Å². The van der Waals surface area contributed by atoms with Crippen LogP contribution in [0, 0.1) is 5.92 Å². The molecular formula is C25H34N4O4. The van der Waals surface area contributed by atoms with Crippen LogP contribution < -0.4 is 15.1 Å². The van der Waals surface area contributed by atoms with Crippen molar-refractivity contribution < 1.29 is 19.1 Å². The quantitative estimate of drug-likeness (QED) is 0.692. The van der Waals surface area contributed by atoms with Crippen LogP contribution in [0.1, 0.15) is 52.0 Å². The van der Waals surface area contributed by atoms with Crippen molar-refractivity contribution in [3.63, 3.8) is 0 Å². The largest absolute Gasteiger partial charge is 0.444 e. The third-order valence-electron chi connectivity index (χ3n) is 7.43. The molecule has 4 heterocycles. The Morgan fingerprint density at radius 2 is 1.82 bits per heavy atom. The number of carbonyl (C=O) groups is 3. The number of hydrogen-bond acceptors (Lipinski definition) is 6. The molecule has 8 heteroatoms. The minimum atomic E-state index is -0.477. The fourth-order valence-electron chi connectivity index (χ4n) is 5.99. The van der Waals surface area contributed by atoms with Gasteiger partial charge in [-0.05, 0) is 64.5 Å². The van der Waals surface area contributed by atoms with Crippen molar-refractivity contribution in [2.75, 3.05) is 36.0 Å². The van der Waals surface area contributed by atoms with Crippen LogP contribution in [-0.2, 0) is 20.7 Å². The van der Waals surface area contributed by atoms with Crippen LogP contribution >= 0.6 is 0 Å². The van der Waals surface area contributed by atoms with E-state index in [1.54, 1.807) is 0 Å². The average Bonchev–Trinajstić information content (AvgIpc) is 3.36. The van der Waals surface area contributed by atoms with E-state index in [1.165, 1.54) is 11.3 Å². The van der Waals surface area contributed by atoms with Gasteiger partial charge in [-0.15, -0.1) is 0 Å². The van der Waals surface area contributed by atoms with E-state index in [-0.39, 0.29) is 30.0 Å². The first kappa shape index (κ1) is 22.0. The highest BCUT2D eigenvalue weighted by Gasteiger charge is 2.43. The number of piperidine rings is 2. The van der Waals surface area contributed by atoms with E-state index in [0.717, 1.165) is 51.1 Å². The van der Waals surface area contributed by atoms with Crippen molar-refractivity contribution in [2.45, 2.75) is 70.6 Å². The zero-order valence-corrected chi connectivity index (χ0v) is 19.8. The van der Waals surface area contributed by atoms with E-state index in [1.807, 2.05) is 25.7 Å². The summed E-state index contributed by atoms with van der Waals surface area (Å²) in [6.07, 6.45) is 3.61. The fourth-order valence-corrected chi connectivity index (χ4v) is 5.99. The number of nitrogens with zero attached hydrogens (tertiary/aromatic N) is 3. The molecule has 0 saturated carbocycles. The number of hydrogen-bond donors (Lipinski definition) is 1. The number of ether oxygens (including phenoxy) is 1. The molecule has 3 saturated heterocycles. The molecule has 4 aliphatic rings. The number of likely N-dealkylation sites (tertiary alicyclic amines) is 1. The molecular weight excluding hydrogens is 420 g/mol. The summed E-state index contributed by atoms with van der Waals surface area (Å²) < 4.78 is 5.64. The minimum Gasteiger partial charge on any atom is -0.444 e. The summed E-state index contributed by atoms with van der Waals surface area (Å²) in [6.45, 7) is 9.12. The van der Waals surface area contributed by atoms with Crippen LogP contribution in [-0.4, -0.2) is 66.7 Å². The third-order valence-corrected chi connectivity index (χ3v) is 7.43. The molecule has 3 amide bonds. The van der Waals surface area contributed by atoms with Gasteiger partial charge in [0.2, 0.25) is 11.8 Å². The lowest BCUT2D eigenvalue weighted by atomic mass is 9.92. The molecule has 1 aromatic rings. The van der Waals surface area contributed by atoms with Gasteiger partial charge >= 0.3 is 6.09 Å². The molecule has 8 nitrogen and oxygen atoms in total. The van der Waals surface area contributed by atoms with Gasteiger partial charge in [0, 0.05) is 55.6 Å². The maximum absolute atomic E-state index is 12.7. The van der Waals surface area contributed by atoms with E-state index in [4.69, 9.17) is 4.74 Å². The van der Waals surface area contributed by atoms with Gasteiger partial charge < -0.3 is 19.4 Å². The topological polar surface area (TPSA) is 82.2 Å². The molecule has 3 fully saturated rings. The molecule has 4 aliphatic heterocycles. The van der Waals surface area contributed by atoms with Crippen LogP contribution in [0.4, 0.5) is 16.2 Å². The molecule has 1 N–H and O–H groups in total. The molecule has 33 heavy (non-hydrogen) atoms. The number of carbonyl (C=O) groups excluding carboxylic acids is 3. The number of rotatable bonds is 2. The number of imide groups is 1. The predicted molar refractivity (Wildman–Crippen MR) is 125 cm³/mol. The Hall–Kier alpha value is -2.77.